The van der Waals surface area contributed by atoms with E-state index in [1.165, 1.54) is 11.1 Å². The number of thiophene rings is 1. The van der Waals surface area contributed by atoms with E-state index in [0.29, 0.717) is 0 Å². The van der Waals surface area contributed by atoms with Gasteiger partial charge in [-0.15, -0.1) is 0 Å². The zero-order chi connectivity index (χ0) is 10.7. The monoisotopic (exact) mass is 219 g/mol. The van der Waals surface area contributed by atoms with Crippen molar-refractivity contribution < 1.29 is 0 Å². The lowest BCUT2D eigenvalue weighted by Crippen LogP contribution is -2.03. The number of nitrogens with zero attached hydrogens (tertiary/aromatic N) is 2. The summed E-state index contributed by atoms with van der Waals surface area (Å²) < 4.78 is 0. The van der Waals surface area contributed by atoms with Crippen LogP contribution in [0.2, 0.25) is 0 Å². The minimum atomic E-state index is 0.814. The molecule has 0 amide bonds. The topological polar surface area (TPSA) is 37.8 Å². The Hall–Kier alpha value is -1.42. The molecule has 4 heteroatoms. The minimum Gasteiger partial charge on any atom is -0.364 e. The smallest absolute Gasteiger partial charge is 0.147 e. The van der Waals surface area contributed by atoms with Gasteiger partial charge in [0.25, 0.3) is 0 Å². The second-order valence-corrected chi connectivity index (χ2v) is 4.17. The van der Waals surface area contributed by atoms with Gasteiger partial charge in [-0.2, -0.15) is 11.3 Å². The third-order valence-electron chi connectivity index (χ3n) is 2.29. The molecular weight excluding hydrogens is 206 g/mol. The van der Waals surface area contributed by atoms with Crippen LogP contribution >= 0.6 is 11.3 Å². The van der Waals surface area contributed by atoms with E-state index in [-0.39, 0.29) is 0 Å². The molecule has 2 heterocycles. The number of hydrogen-bond donors (Lipinski definition) is 1. The molecule has 2 aromatic rings. The van der Waals surface area contributed by atoms with Crippen molar-refractivity contribution in [2.75, 3.05) is 5.32 Å². The van der Waals surface area contributed by atoms with Crippen LogP contribution in [-0.4, -0.2) is 9.97 Å². The van der Waals surface area contributed by atoms with Crippen molar-refractivity contribution in [2.45, 2.75) is 20.4 Å². The Morgan fingerprint density at radius 1 is 1.20 bits per heavy atom. The van der Waals surface area contributed by atoms with Gasteiger partial charge in [0.15, 0.2) is 0 Å². The first-order valence-corrected chi connectivity index (χ1v) is 5.75. The Morgan fingerprint density at radius 3 is 2.67 bits per heavy atom. The van der Waals surface area contributed by atoms with E-state index in [4.69, 9.17) is 0 Å². The lowest BCUT2D eigenvalue weighted by molar-refractivity contribution is 1.05. The third kappa shape index (κ3) is 2.33. The lowest BCUT2D eigenvalue weighted by atomic mass is 10.2. The van der Waals surface area contributed by atoms with Gasteiger partial charge < -0.3 is 5.32 Å². The molecular formula is C11H13N3S. The zero-order valence-corrected chi connectivity index (χ0v) is 9.64. The van der Waals surface area contributed by atoms with Crippen molar-refractivity contribution in [3.05, 3.63) is 40.0 Å². The number of nitrogens with one attached hydrogen (secondary N) is 1. The average molecular weight is 219 g/mol. The Bertz CT molecular complexity index is 451. The molecule has 78 valence electrons. The molecule has 0 radical (unpaired) electrons. The van der Waals surface area contributed by atoms with Gasteiger partial charge >= 0.3 is 0 Å². The summed E-state index contributed by atoms with van der Waals surface area (Å²) in [6, 6.07) is 0. The van der Waals surface area contributed by atoms with Gasteiger partial charge in [0.05, 0.1) is 5.69 Å². The summed E-state index contributed by atoms with van der Waals surface area (Å²) >= 11 is 1.73. The van der Waals surface area contributed by atoms with Crippen LogP contribution in [0, 0.1) is 13.8 Å². The Balaban J connectivity index is 2.06. The van der Waals surface area contributed by atoms with Gasteiger partial charge in [-0.05, 0) is 35.7 Å². The zero-order valence-electron chi connectivity index (χ0n) is 8.82. The molecule has 0 aliphatic rings. The Labute approximate surface area is 93.2 Å². The highest BCUT2D eigenvalue weighted by atomic mass is 32.1. The standard InChI is InChI=1S/C11H13N3S/c1-8-6-15-7-10(8)5-14-11-9(2)12-3-4-13-11/h3-4,6-7H,5H2,1-2H3,(H,13,14). The first-order chi connectivity index (χ1) is 7.27. The van der Waals surface area contributed by atoms with Crippen LogP contribution in [-0.2, 0) is 6.54 Å². The summed E-state index contributed by atoms with van der Waals surface area (Å²) in [7, 11) is 0. The molecule has 0 spiro atoms. The van der Waals surface area contributed by atoms with Crippen molar-refractivity contribution in [3.63, 3.8) is 0 Å². The van der Waals surface area contributed by atoms with Gasteiger partial charge in [0, 0.05) is 18.9 Å². The van der Waals surface area contributed by atoms with Crippen molar-refractivity contribution in [3.8, 4) is 0 Å². The fraction of sp³-hybridized carbons (Fsp3) is 0.273. The second kappa shape index (κ2) is 4.40. The molecule has 0 saturated heterocycles. The van der Waals surface area contributed by atoms with Crippen molar-refractivity contribution in [1.29, 1.82) is 0 Å². The van der Waals surface area contributed by atoms with E-state index in [2.05, 4.69) is 33.0 Å². The van der Waals surface area contributed by atoms with E-state index in [1.54, 1.807) is 23.7 Å². The third-order valence-corrected chi connectivity index (χ3v) is 3.20. The van der Waals surface area contributed by atoms with Gasteiger partial charge in [-0.1, -0.05) is 0 Å². The molecule has 0 aliphatic heterocycles. The minimum absolute atomic E-state index is 0.814. The van der Waals surface area contributed by atoms with Crippen LogP contribution in [0.4, 0.5) is 5.82 Å². The summed E-state index contributed by atoms with van der Waals surface area (Å²) in [4.78, 5) is 8.42. The molecule has 0 unspecified atom stereocenters. The summed E-state index contributed by atoms with van der Waals surface area (Å²) in [5.41, 5.74) is 3.59. The van der Waals surface area contributed by atoms with E-state index in [0.717, 1.165) is 18.1 Å². The molecule has 0 fully saturated rings. The van der Waals surface area contributed by atoms with Gasteiger partial charge in [0.2, 0.25) is 0 Å². The van der Waals surface area contributed by atoms with Gasteiger partial charge in [-0.3, -0.25) is 4.98 Å². The highest BCUT2D eigenvalue weighted by Crippen LogP contribution is 2.15. The molecule has 3 nitrogen and oxygen atoms in total. The average Bonchev–Trinajstić information content (AvgIpc) is 2.63. The maximum Gasteiger partial charge on any atom is 0.147 e. The largest absolute Gasteiger partial charge is 0.364 e. The molecule has 1 N–H and O–H groups in total. The van der Waals surface area contributed by atoms with Crippen LogP contribution in [0.3, 0.4) is 0 Å². The van der Waals surface area contributed by atoms with E-state index in [1.807, 2.05) is 6.92 Å². The molecule has 0 aliphatic carbocycles. The predicted octanol–water partition coefficient (Wildman–Crippen LogP) is 2.77. The summed E-state index contributed by atoms with van der Waals surface area (Å²) in [6.07, 6.45) is 3.41. The highest BCUT2D eigenvalue weighted by molar-refractivity contribution is 7.08. The van der Waals surface area contributed by atoms with Crippen LogP contribution in [0.1, 0.15) is 16.8 Å². The summed E-state index contributed by atoms with van der Waals surface area (Å²) in [5, 5.41) is 7.60. The van der Waals surface area contributed by atoms with Gasteiger partial charge in [0.1, 0.15) is 5.82 Å². The van der Waals surface area contributed by atoms with E-state index in [9.17, 15) is 0 Å². The SMILES string of the molecule is Cc1cscc1CNc1nccnc1C. The molecule has 15 heavy (non-hydrogen) atoms. The predicted molar refractivity (Wildman–Crippen MR) is 63.2 cm³/mol. The van der Waals surface area contributed by atoms with Crippen LogP contribution < -0.4 is 5.32 Å². The van der Waals surface area contributed by atoms with Crippen LogP contribution in [0.15, 0.2) is 23.2 Å². The van der Waals surface area contributed by atoms with Crippen LogP contribution in [0.5, 0.6) is 0 Å². The van der Waals surface area contributed by atoms with E-state index >= 15 is 0 Å². The van der Waals surface area contributed by atoms with Gasteiger partial charge in [-0.25, -0.2) is 4.98 Å². The van der Waals surface area contributed by atoms with Crippen molar-refractivity contribution >= 4 is 17.2 Å². The molecule has 0 aromatic carbocycles. The lowest BCUT2D eigenvalue weighted by Gasteiger charge is -2.06. The van der Waals surface area contributed by atoms with Crippen molar-refractivity contribution in [2.24, 2.45) is 0 Å². The molecule has 2 rings (SSSR count). The molecule has 0 atom stereocenters. The normalized spacial score (nSPS) is 10.3. The maximum atomic E-state index is 4.24. The number of aryl methyl sites for hydroxylation is 2. The Morgan fingerprint density at radius 2 is 2.00 bits per heavy atom. The van der Waals surface area contributed by atoms with E-state index < -0.39 is 0 Å². The van der Waals surface area contributed by atoms with Crippen LogP contribution in [0.25, 0.3) is 0 Å². The Kier molecular flexibility index (Phi) is 2.97. The maximum absolute atomic E-state index is 4.24. The quantitative estimate of drug-likeness (QED) is 0.862. The number of rotatable bonds is 3. The fourth-order valence-corrected chi connectivity index (χ4v) is 2.19. The number of anilines is 1. The highest BCUT2D eigenvalue weighted by Gasteiger charge is 2.01. The first kappa shape index (κ1) is 10.1. The molecule has 0 saturated carbocycles. The fourth-order valence-electron chi connectivity index (χ4n) is 1.33. The summed E-state index contributed by atoms with van der Waals surface area (Å²) in [5.74, 6) is 0.864. The van der Waals surface area contributed by atoms with Crippen molar-refractivity contribution in [1.82, 2.24) is 9.97 Å². The molecule has 2 aromatic heterocycles. The second-order valence-electron chi connectivity index (χ2n) is 3.42. The molecule has 0 bridgehead atoms. The summed E-state index contributed by atoms with van der Waals surface area (Å²) in [6.45, 7) is 4.89. The first-order valence-electron chi connectivity index (χ1n) is 4.80. The number of hydrogen-bond acceptors (Lipinski definition) is 4. The number of aromatic nitrogens is 2.